The van der Waals surface area contributed by atoms with E-state index in [0.717, 1.165) is 30.7 Å². The molecule has 0 aliphatic carbocycles. The lowest BCUT2D eigenvalue weighted by atomic mass is 9.91. The first-order valence-corrected chi connectivity index (χ1v) is 13.9. The number of aliphatic hydroxyl groups is 1. The quantitative estimate of drug-likeness (QED) is 0.181. The van der Waals surface area contributed by atoms with Gasteiger partial charge < -0.3 is 34.7 Å². The van der Waals surface area contributed by atoms with E-state index in [4.69, 9.17) is 30.5 Å². The second-order valence-corrected chi connectivity index (χ2v) is 10.6. The van der Waals surface area contributed by atoms with Gasteiger partial charge in [-0.25, -0.2) is 4.79 Å². The molecule has 5 atom stereocenters. The summed E-state index contributed by atoms with van der Waals surface area (Å²) in [5, 5.41) is 14.0. The Morgan fingerprint density at radius 3 is 2.26 bits per heavy atom. The minimum Gasteiger partial charge on any atom is -0.466 e. The Hall–Kier alpha value is -4.00. The Kier molecular flexibility index (Phi) is 12.0. The third-order valence-electron chi connectivity index (χ3n) is 6.63. The van der Waals surface area contributed by atoms with E-state index in [-0.39, 0.29) is 25.3 Å². The molecule has 3 rings (SSSR count). The van der Waals surface area contributed by atoms with E-state index >= 15 is 0 Å². The molecule has 43 heavy (non-hydrogen) atoms. The van der Waals surface area contributed by atoms with Crippen molar-refractivity contribution in [1.29, 1.82) is 0 Å². The Balaban J connectivity index is 1.69. The zero-order valence-corrected chi connectivity index (χ0v) is 24.8. The zero-order valence-electron chi connectivity index (χ0n) is 24.0. The summed E-state index contributed by atoms with van der Waals surface area (Å²) >= 11 is 6.36. The Morgan fingerprint density at radius 1 is 1.00 bits per heavy atom. The fourth-order valence-corrected chi connectivity index (χ4v) is 5.01. The summed E-state index contributed by atoms with van der Waals surface area (Å²) in [5.41, 5.74) is 2.82. The van der Waals surface area contributed by atoms with E-state index in [1.165, 1.54) is 6.92 Å². The molecular formula is C30H35ClN2O10. The molecule has 0 radical (unpaired) electrons. The predicted molar refractivity (Wildman–Crippen MR) is 153 cm³/mol. The number of carbonyl (C=O) groups is 5. The lowest BCUT2D eigenvalue weighted by Crippen LogP contribution is -2.62. The SMILES string of the molecule is COC(=O)[C@]1(Cl)C[C@H](O)[C@@H](NC(=O)COC(C)=O)[C@H](C[C@@H](CNC(=O)Cc2ccc(-c3ccccc3)cc2)OC(C)=O)O1. The van der Waals surface area contributed by atoms with Crippen LogP contribution in [0.2, 0.25) is 0 Å². The van der Waals surface area contributed by atoms with E-state index in [2.05, 4.69) is 10.6 Å². The lowest BCUT2D eigenvalue weighted by molar-refractivity contribution is -0.190. The number of alkyl halides is 1. The van der Waals surface area contributed by atoms with Gasteiger partial charge in [0, 0.05) is 26.7 Å². The Morgan fingerprint density at radius 2 is 1.65 bits per heavy atom. The first kappa shape index (κ1) is 33.5. The van der Waals surface area contributed by atoms with E-state index < -0.39 is 66.3 Å². The predicted octanol–water partition coefficient (Wildman–Crippen LogP) is 1.64. The smallest absolute Gasteiger partial charge is 0.354 e. The molecule has 1 aliphatic rings. The number of aliphatic hydroxyl groups excluding tert-OH is 1. The Labute approximate surface area is 254 Å². The minimum absolute atomic E-state index is 0.0580. The summed E-state index contributed by atoms with van der Waals surface area (Å²) in [6.45, 7) is 1.55. The lowest BCUT2D eigenvalue weighted by Gasteiger charge is -2.43. The largest absolute Gasteiger partial charge is 0.466 e. The average molecular weight is 619 g/mol. The van der Waals surface area contributed by atoms with Crippen molar-refractivity contribution in [3.8, 4) is 11.1 Å². The fourth-order valence-electron chi connectivity index (χ4n) is 4.66. The van der Waals surface area contributed by atoms with E-state index in [0.29, 0.717) is 0 Å². The number of carbonyl (C=O) groups excluding carboxylic acids is 5. The molecule has 0 spiro atoms. The summed E-state index contributed by atoms with van der Waals surface area (Å²) in [5.74, 6) is -3.41. The van der Waals surface area contributed by atoms with Gasteiger partial charge in [0.1, 0.15) is 6.10 Å². The highest BCUT2D eigenvalue weighted by molar-refractivity contribution is 6.32. The third kappa shape index (κ3) is 10.1. The van der Waals surface area contributed by atoms with E-state index in [1.807, 2.05) is 54.6 Å². The maximum Gasteiger partial charge on any atom is 0.354 e. The number of amides is 2. The van der Waals surface area contributed by atoms with Crippen LogP contribution in [0, 0.1) is 0 Å². The highest BCUT2D eigenvalue weighted by atomic mass is 35.5. The van der Waals surface area contributed by atoms with Crippen LogP contribution in [0.1, 0.15) is 32.3 Å². The van der Waals surface area contributed by atoms with Gasteiger partial charge in [0.15, 0.2) is 6.61 Å². The maximum atomic E-state index is 12.8. The summed E-state index contributed by atoms with van der Waals surface area (Å²) < 4.78 is 20.6. The molecule has 1 aliphatic heterocycles. The van der Waals surface area contributed by atoms with Crippen molar-refractivity contribution < 1.29 is 48.0 Å². The molecule has 232 valence electrons. The molecule has 2 aromatic rings. The monoisotopic (exact) mass is 618 g/mol. The van der Waals surface area contributed by atoms with Gasteiger partial charge in [-0.3, -0.25) is 19.2 Å². The maximum absolute atomic E-state index is 12.8. The topological polar surface area (TPSA) is 167 Å². The van der Waals surface area contributed by atoms with Crippen molar-refractivity contribution in [2.45, 2.75) is 62.5 Å². The van der Waals surface area contributed by atoms with Crippen molar-refractivity contribution in [2.75, 3.05) is 20.3 Å². The number of hydrogen-bond acceptors (Lipinski definition) is 10. The van der Waals surface area contributed by atoms with E-state index in [9.17, 15) is 29.1 Å². The molecule has 1 heterocycles. The third-order valence-corrected chi connectivity index (χ3v) is 7.03. The second kappa shape index (κ2) is 15.5. The summed E-state index contributed by atoms with van der Waals surface area (Å²) in [6, 6.07) is 16.2. The van der Waals surface area contributed by atoms with Gasteiger partial charge >= 0.3 is 17.9 Å². The molecule has 0 aromatic heterocycles. The van der Waals surface area contributed by atoms with Crippen LogP contribution in [0.5, 0.6) is 0 Å². The van der Waals surface area contributed by atoms with Crippen molar-refractivity contribution in [1.82, 2.24) is 10.6 Å². The molecule has 12 nitrogen and oxygen atoms in total. The van der Waals surface area contributed by atoms with Crippen molar-refractivity contribution >= 4 is 41.3 Å². The first-order valence-electron chi connectivity index (χ1n) is 13.5. The molecule has 2 amide bonds. The van der Waals surface area contributed by atoms with Crippen LogP contribution in [0.4, 0.5) is 0 Å². The Bertz CT molecular complexity index is 1290. The van der Waals surface area contributed by atoms with Gasteiger partial charge in [-0.1, -0.05) is 66.2 Å². The summed E-state index contributed by atoms with van der Waals surface area (Å²) in [4.78, 5) is 60.5. The van der Waals surface area contributed by atoms with Crippen LogP contribution in [-0.2, 0) is 49.3 Å². The number of hydrogen-bond donors (Lipinski definition) is 3. The van der Waals surface area contributed by atoms with Crippen LogP contribution < -0.4 is 10.6 Å². The standard InChI is InChI=1S/C30H35ClN2O10/c1-18(34)41-17-27(38)33-28-24(36)15-30(31,29(39)40-3)43-25(28)14-23(42-19(2)35)16-32-26(37)13-20-9-11-22(12-10-20)21-7-5-4-6-8-21/h4-12,23-25,28,36H,13-17H2,1-3H3,(H,32,37)(H,33,38)/t23-,24-,25-,28+,30-/m0/s1. The minimum atomic E-state index is -2.09. The second-order valence-electron chi connectivity index (χ2n) is 10.0. The number of ether oxygens (including phenoxy) is 4. The van der Waals surface area contributed by atoms with Gasteiger partial charge in [-0.15, -0.1) is 0 Å². The number of nitrogens with one attached hydrogen (secondary N) is 2. The molecule has 3 N–H and O–H groups in total. The van der Waals surface area contributed by atoms with Gasteiger partial charge in [-0.05, 0) is 16.7 Å². The van der Waals surface area contributed by atoms with Crippen LogP contribution in [-0.4, -0.2) is 84.5 Å². The van der Waals surface area contributed by atoms with Gasteiger partial charge in [0.2, 0.25) is 11.0 Å². The first-order chi connectivity index (χ1) is 20.4. The molecule has 0 saturated carbocycles. The molecule has 1 fully saturated rings. The van der Waals surface area contributed by atoms with Crippen molar-refractivity contribution in [3.63, 3.8) is 0 Å². The molecule has 1 saturated heterocycles. The molecular weight excluding hydrogens is 584 g/mol. The van der Waals surface area contributed by atoms with Crippen LogP contribution in [0.15, 0.2) is 54.6 Å². The van der Waals surface area contributed by atoms with Crippen LogP contribution in [0.3, 0.4) is 0 Å². The van der Waals surface area contributed by atoms with Crippen LogP contribution in [0.25, 0.3) is 11.1 Å². The highest BCUT2D eigenvalue weighted by Gasteiger charge is 2.52. The highest BCUT2D eigenvalue weighted by Crippen LogP contribution is 2.36. The number of esters is 3. The number of rotatable bonds is 12. The normalized spacial score (nSPS) is 22.0. The number of methoxy groups -OCH3 is 1. The average Bonchev–Trinajstić information content (AvgIpc) is 2.96. The number of halogens is 1. The number of benzene rings is 2. The fraction of sp³-hybridized carbons (Fsp3) is 0.433. The summed E-state index contributed by atoms with van der Waals surface area (Å²) in [6.07, 6.45) is -4.15. The zero-order chi connectivity index (χ0) is 31.6. The molecule has 2 aromatic carbocycles. The molecule has 0 bridgehead atoms. The van der Waals surface area contributed by atoms with Crippen molar-refractivity contribution in [2.24, 2.45) is 0 Å². The molecule has 0 unspecified atom stereocenters. The van der Waals surface area contributed by atoms with Crippen molar-refractivity contribution in [3.05, 3.63) is 60.2 Å². The van der Waals surface area contributed by atoms with Crippen LogP contribution >= 0.6 is 11.6 Å². The summed E-state index contributed by atoms with van der Waals surface area (Å²) in [7, 11) is 1.09. The molecule has 13 heteroatoms. The van der Waals surface area contributed by atoms with Gasteiger partial charge in [-0.2, -0.15) is 0 Å². The van der Waals surface area contributed by atoms with E-state index in [1.54, 1.807) is 0 Å². The van der Waals surface area contributed by atoms with Gasteiger partial charge in [0.05, 0.1) is 38.3 Å². The van der Waals surface area contributed by atoms with Gasteiger partial charge in [0.25, 0.3) is 5.91 Å².